The standard InChI is InChI=1S/C21H26Cl2N2O/c1-26-19-9-6-16(7-10-19)21(25-11-3-2-4-12-25)15-24-14-17-5-8-18(22)13-20(17)23/h5-10,13,21,24H,2-4,11-12,14-15H2,1H3. The summed E-state index contributed by atoms with van der Waals surface area (Å²) in [6.07, 6.45) is 3.88. The number of likely N-dealkylation sites (tertiary alicyclic amines) is 1. The molecule has 5 heteroatoms. The lowest BCUT2D eigenvalue weighted by atomic mass is 10.0. The predicted molar refractivity (Wildman–Crippen MR) is 109 cm³/mol. The van der Waals surface area contributed by atoms with E-state index >= 15 is 0 Å². The third kappa shape index (κ3) is 5.14. The van der Waals surface area contributed by atoms with E-state index in [2.05, 4.69) is 22.3 Å². The molecule has 0 amide bonds. The van der Waals surface area contributed by atoms with Gasteiger partial charge in [-0.05, 0) is 61.3 Å². The van der Waals surface area contributed by atoms with E-state index < -0.39 is 0 Å². The Balaban J connectivity index is 1.68. The summed E-state index contributed by atoms with van der Waals surface area (Å²) in [5.74, 6) is 0.895. The summed E-state index contributed by atoms with van der Waals surface area (Å²) in [6.45, 7) is 3.92. The maximum absolute atomic E-state index is 6.30. The SMILES string of the molecule is COc1ccc(C(CNCc2ccc(Cl)cc2Cl)N2CCCCC2)cc1. The Hall–Kier alpha value is -1.26. The zero-order valence-corrected chi connectivity index (χ0v) is 16.7. The number of benzene rings is 2. The molecule has 0 bridgehead atoms. The molecule has 3 nitrogen and oxygen atoms in total. The number of hydrogen-bond acceptors (Lipinski definition) is 3. The molecule has 1 aliphatic heterocycles. The molecule has 140 valence electrons. The van der Waals surface area contributed by atoms with E-state index in [4.69, 9.17) is 27.9 Å². The first kappa shape index (κ1) is 19.5. The van der Waals surface area contributed by atoms with Crippen LogP contribution in [0, 0.1) is 0 Å². The van der Waals surface area contributed by atoms with Gasteiger partial charge in [0.05, 0.1) is 7.11 Å². The van der Waals surface area contributed by atoms with Gasteiger partial charge in [-0.3, -0.25) is 4.90 Å². The third-order valence-electron chi connectivity index (χ3n) is 5.00. The molecule has 2 aromatic rings. The molecule has 1 saturated heterocycles. The Bertz CT molecular complexity index is 700. The lowest BCUT2D eigenvalue weighted by Crippen LogP contribution is -2.39. The lowest BCUT2D eigenvalue weighted by Gasteiger charge is -2.35. The Labute approximate surface area is 166 Å². The molecule has 0 aromatic heterocycles. The van der Waals surface area contributed by atoms with Crippen LogP contribution in [0.25, 0.3) is 0 Å². The second-order valence-electron chi connectivity index (χ2n) is 6.75. The molecular weight excluding hydrogens is 367 g/mol. The maximum Gasteiger partial charge on any atom is 0.118 e. The molecule has 1 unspecified atom stereocenters. The molecule has 1 heterocycles. The molecule has 0 saturated carbocycles. The first-order valence-corrected chi connectivity index (χ1v) is 9.95. The summed E-state index contributed by atoms with van der Waals surface area (Å²) >= 11 is 12.3. The van der Waals surface area contributed by atoms with Crippen molar-refractivity contribution in [3.05, 3.63) is 63.6 Å². The van der Waals surface area contributed by atoms with E-state index in [0.717, 1.165) is 37.5 Å². The van der Waals surface area contributed by atoms with Gasteiger partial charge in [0, 0.05) is 29.2 Å². The van der Waals surface area contributed by atoms with Crippen molar-refractivity contribution < 1.29 is 4.74 Å². The average Bonchev–Trinajstić information content (AvgIpc) is 2.67. The number of nitrogens with zero attached hydrogens (tertiary/aromatic N) is 1. The molecule has 1 aliphatic rings. The fraction of sp³-hybridized carbons (Fsp3) is 0.429. The van der Waals surface area contributed by atoms with E-state index in [0.29, 0.717) is 16.1 Å². The normalized spacial score (nSPS) is 16.4. The Kier molecular flexibility index (Phi) is 7.21. The van der Waals surface area contributed by atoms with Crippen molar-refractivity contribution in [2.75, 3.05) is 26.7 Å². The summed E-state index contributed by atoms with van der Waals surface area (Å²) in [4.78, 5) is 2.59. The molecule has 26 heavy (non-hydrogen) atoms. The van der Waals surface area contributed by atoms with Crippen LogP contribution in [0.1, 0.15) is 36.4 Å². The zero-order valence-electron chi connectivity index (χ0n) is 15.2. The maximum atomic E-state index is 6.30. The van der Waals surface area contributed by atoms with Gasteiger partial charge >= 0.3 is 0 Å². The summed E-state index contributed by atoms with van der Waals surface area (Å²) in [5.41, 5.74) is 2.39. The summed E-state index contributed by atoms with van der Waals surface area (Å²) in [5, 5.41) is 4.97. The molecule has 3 rings (SSSR count). The van der Waals surface area contributed by atoms with Crippen LogP contribution in [-0.2, 0) is 6.54 Å². The summed E-state index contributed by atoms with van der Waals surface area (Å²) < 4.78 is 5.30. The number of nitrogens with one attached hydrogen (secondary N) is 1. The Morgan fingerprint density at radius 3 is 2.42 bits per heavy atom. The average molecular weight is 393 g/mol. The van der Waals surface area contributed by atoms with Crippen LogP contribution in [0.5, 0.6) is 5.75 Å². The van der Waals surface area contributed by atoms with Crippen molar-refractivity contribution in [3.63, 3.8) is 0 Å². The van der Waals surface area contributed by atoms with Crippen LogP contribution in [0.3, 0.4) is 0 Å². The van der Waals surface area contributed by atoms with Gasteiger partial charge in [-0.15, -0.1) is 0 Å². The van der Waals surface area contributed by atoms with E-state index in [1.54, 1.807) is 13.2 Å². The highest BCUT2D eigenvalue weighted by Gasteiger charge is 2.22. The van der Waals surface area contributed by atoms with Gasteiger partial charge in [0.1, 0.15) is 5.75 Å². The van der Waals surface area contributed by atoms with Crippen molar-refractivity contribution in [2.24, 2.45) is 0 Å². The van der Waals surface area contributed by atoms with Crippen molar-refractivity contribution in [1.29, 1.82) is 0 Å². The number of hydrogen-bond donors (Lipinski definition) is 1. The molecule has 1 atom stereocenters. The molecule has 0 aliphatic carbocycles. The summed E-state index contributed by atoms with van der Waals surface area (Å²) in [6, 6.07) is 14.5. The van der Waals surface area contributed by atoms with E-state index in [9.17, 15) is 0 Å². The Morgan fingerprint density at radius 1 is 1.04 bits per heavy atom. The molecule has 1 fully saturated rings. The highest BCUT2D eigenvalue weighted by Crippen LogP contribution is 2.26. The quantitative estimate of drug-likeness (QED) is 0.689. The first-order chi connectivity index (χ1) is 12.7. The van der Waals surface area contributed by atoms with Crippen LogP contribution in [-0.4, -0.2) is 31.6 Å². The highest BCUT2D eigenvalue weighted by atomic mass is 35.5. The molecule has 0 radical (unpaired) electrons. The smallest absolute Gasteiger partial charge is 0.118 e. The monoisotopic (exact) mass is 392 g/mol. The number of piperidine rings is 1. The minimum absolute atomic E-state index is 0.354. The van der Waals surface area contributed by atoms with Crippen molar-refractivity contribution >= 4 is 23.2 Å². The van der Waals surface area contributed by atoms with Crippen LogP contribution >= 0.6 is 23.2 Å². The number of ether oxygens (including phenoxy) is 1. The van der Waals surface area contributed by atoms with Gasteiger partial charge in [0.2, 0.25) is 0 Å². The van der Waals surface area contributed by atoms with Crippen molar-refractivity contribution in [1.82, 2.24) is 10.2 Å². The van der Waals surface area contributed by atoms with Crippen LogP contribution in [0.2, 0.25) is 10.0 Å². The fourth-order valence-corrected chi connectivity index (χ4v) is 4.00. The van der Waals surface area contributed by atoms with E-state index in [1.807, 2.05) is 24.3 Å². The zero-order chi connectivity index (χ0) is 18.4. The molecule has 2 aromatic carbocycles. The second kappa shape index (κ2) is 9.61. The van der Waals surface area contributed by atoms with E-state index in [1.165, 1.54) is 24.8 Å². The Morgan fingerprint density at radius 2 is 1.77 bits per heavy atom. The fourth-order valence-electron chi connectivity index (χ4n) is 3.52. The van der Waals surface area contributed by atoms with Crippen LogP contribution < -0.4 is 10.1 Å². The first-order valence-electron chi connectivity index (χ1n) is 9.20. The van der Waals surface area contributed by atoms with Crippen LogP contribution in [0.15, 0.2) is 42.5 Å². The molecule has 1 N–H and O–H groups in total. The largest absolute Gasteiger partial charge is 0.497 e. The highest BCUT2D eigenvalue weighted by molar-refractivity contribution is 6.35. The lowest BCUT2D eigenvalue weighted by molar-refractivity contribution is 0.160. The van der Waals surface area contributed by atoms with Gasteiger partial charge in [-0.2, -0.15) is 0 Å². The molecule has 0 spiro atoms. The van der Waals surface area contributed by atoms with Crippen molar-refractivity contribution in [3.8, 4) is 5.75 Å². The topological polar surface area (TPSA) is 24.5 Å². The predicted octanol–water partition coefficient (Wildman–Crippen LogP) is 5.32. The number of rotatable bonds is 7. The minimum atomic E-state index is 0.354. The molecular formula is C21H26Cl2N2O. The van der Waals surface area contributed by atoms with Gasteiger partial charge in [-0.1, -0.05) is 47.8 Å². The number of methoxy groups -OCH3 is 1. The van der Waals surface area contributed by atoms with Gasteiger partial charge in [0.15, 0.2) is 0 Å². The van der Waals surface area contributed by atoms with Gasteiger partial charge in [-0.25, -0.2) is 0 Å². The van der Waals surface area contributed by atoms with Gasteiger partial charge in [0.25, 0.3) is 0 Å². The van der Waals surface area contributed by atoms with E-state index in [-0.39, 0.29) is 0 Å². The van der Waals surface area contributed by atoms with Crippen molar-refractivity contribution in [2.45, 2.75) is 31.8 Å². The third-order valence-corrected chi connectivity index (χ3v) is 5.59. The summed E-state index contributed by atoms with van der Waals surface area (Å²) in [7, 11) is 1.70. The minimum Gasteiger partial charge on any atom is -0.497 e. The second-order valence-corrected chi connectivity index (χ2v) is 7.60. The number of halogens is 2. The van der Waals surface area contributed by atoms with Gasteiger partial charge < -0.3 is 10.1 Å². The van der Waals surface area contributed by atoms with Crippen LogP contribution in [0.4, 0.5) is 0 Å².